The highest BCUT2D eigenvalue weighted by Gasteiger charge is 2.31. The molecule has 0 saturated heterocycles. The van der Waals surface area contributed by atoms with Gasteiger partial charge in [0.2, 0.25) is 0 Å². The van der Waals surface area contributed by atoms with Crippen LogP contribution in [0.2, 0.25) is 0 Å². The molecule has 4 N–H and O–H groups in total. The number of halogens is 1. The minimum Gasteiger partial charge on any atom is -1.00 e. The molecule has 0 saturated carbocycles. The Labute approximate surface area is 169 Å². The number of hydrogen-bond acceptors (Lipinski definition) is 7. The third kappa shape index (κ3) is 7.93. The van der Waals surface area contributed by atoms with Gasteiger partial charge in [0, 0.05) is 20.3 Å². The van der Waals surface area contributed by atoms with Gasteiger partial charge in [0.1, 0.15) is 6.04 Å². The standard InChI is InChI=1S/C18H24N2O7.ClH/c1-10(21)26-14-7-6-12(9-15(14)27-11(2)22)8-13(16(23)25-5)20-17(24)18(3,4)19;/h6-7,9,13H,8,19H2,1-5H3,(H,20,24);1H/t13-;/m0./s1. The summed E-state index contributed by atoms with van der Waals surface area (Å²) in [6.45, 7) is 5.65. The highest BCUT2D eigenvalue weighted by molar-refractivity contribution is 5.88. The van der Waals surface area contributed by atoms with Gasteiger partial charge in [-0.15, -0.1) is 0 Å². The van der Waals surface area contributed by atoms with E-state index in [-0.39, 0.29) is 30.3 Å². The van der Waals surface area contributed by atoms with E-state index in [1.807, 2.05) is 0 Å². The largest absolute Gasteiger partial charge is 1.00 e. The zero-order chi connectivity index (χ0) is 20.8. The molecular formula is C18H25ClN2O7. The Morgan fingerprint density at radius 1 is 1.07 bits per heavy atom. The van der Waals surface area contributed by atoms with Gasteiger partial charge in [-0.3, -0.25) is 14.4 Å². The van der Waals surface area contributed by atoms with Gasteiger partial charge < -0.3 is 37.7 Å². The molecular weight excluding hydrogens is 392 g/mol. The Balaban J connectivity index is 0.00000729. The average molecular weight is 417 g/mol. The Kier molecular flexibility index (Phi) is 9.62. The van der Waals surface area contributed by atoms with Crippen molar-refractivity contribution in [2.75, 3.05) is 7.11 Å². The molecule has 0 bridgehead atoms. The Morgan fingerprint density at radius 3 is 2.07 bits per heavy atom. The van der Waals surface area contributed by atoms with Crippen LogP contribution in [0, 0.1) is 0 Å². The maximum Gasteiger partial charge on any atom is 0.328 e. The summed E-state index contributed by atoms with van der Waals surface area (Å²) in [7, 11) is 1.21. The summed E-state index contributed by atoms with van der Waals surface area (Å²) in [5, 5.41) is 2.59. The van der Waals surface area contributed by atoms with Crippen LogP contribution in [0.15, 0.2) is 18.2 Å². The quantitative estimate of drug-likeness (QED) is 0.352. The predicted molar refractivity (Wildman–Crippen MR) is 93.7 cm³/mol. The van der Waals surface area contributed by atoms with Crippen molar-refractivity contribution in [3.63, 3.8) is 0 Å². The Bertz CT molecular complexity index is 744. The smallest absolute Gasteiger partial charge is 0.328 e. The molecule has 1 amide bonds. The predicted octanol–water partition coefficient (Wildman–Crippen LogP) is -3.24. The van der Waals surface area contributed by atoms with Gasteiger partial charge in [0.15, 0.2) is 17.0 Å². The fourth-order valence-electron chi connectivity index (χ4n) is 2.08. The van der Waals surface area contributed by atoms with E-state index in [0.717, 1.165) is 0 Å². The van der Waals surface area contributed by atoms with Gasteiger partial charge in [-0.1, -0.05) is 6.07 Å². The number of ether oxygens (including phenoxy) is 3. The molecule has 0 aliphatic heterocycles. The lowest BCUT2D eigenvalue weighted by atomic mass is 10.0. The van der Waals surface area contributed by atoms with Crippen LogP contribution >= 0.6 is 0 Å². The molecule has 0 radical (unpaired) electrons. The van der Waals surface area contributed by atoms with Crippen LogP contribution in [-0.4, -0.2) is 42.5 Å². The maximum atomic E-state index is 12.2. The van der Waals surface area contributed by atoms with Crippen LogP contribution in [0.3, 0.4) is 0 Å². The van der Waals surface area contributed by atoms with Crippen LogP contribution in [0.25, 0.3) is 0 Å². The van der Waals surface area contributed by atoms with Crippen LogP contribution in [-0.2, 0) is 30.3 Å². The summed E-state index contributed by atoms with van der Waals surface area (Å²) < 4.78 is 14.8. The van der Waals surface area contributed by atoms with E-state index in [2.05, 4.69) is 11.1 Å². The molecule has 0 fully saturated rings. The van der Waals surface area contributed by atoms with Crippen molar-refractivity contribution in [3.05, 3.63) is 23.8 Å². The highest BCUT2D eigenvalue weighted by Crippen LogP contribution is 2.29. The molecule has 156 valence electrons. The van der Waals surface area contributed by atoms with Crippen molar-refractivity contribution < 1.29 is 51.5 Å². The van der Waals surface area contributed by atoms with Gasteiger partial charge >= 0.3 is 17.9 Å². The fourth-order valence-corrected chi connectivity index (χ4v) is 2.08. The van der Waals surface area contributed by atoms with E-state index in [4.69, 9.17) is 14.2 Å². The summed E-state index contributed by atoms with van der Waals surface area (Å²) >= 11 is 0. The molecule has 9 nitrogen and oxygen atoms in total. The average Bonchev–Trinajstić information content (AvgIpc) is 2.53. The highest BCUT2D eigenvalue weighted by atomic mass is 35.5. The molecule has 0 aliphatic carbocycles. The number of quaternary nitrogens is 1. The maximum absolute atomic E-state index is 12.2. The van der Waals surface area contributed by atoms with Gasteiger partial charge in [-0.25, -0.2) is 4.79 Å². The normalized spacial score (nSPS) is 11.5. The summed E-state index contributed by atoms with van der Waals surface area (Å²) in [6, 6.07) is 3.52. The zero-order valence-electron chi connectivity index (χ0n) is 16.5. The number of benzene rings is 1. The third-order valence-electron chi connectivity index (χ3n) is 3.36. The molecule has 10 heteroatoms. The molecule has 0 heterocycles. The monoisotopic (exact) mass is 416 g/mol. The van der Waals surface area contributed by atoms with Gasteiger partial charge in [-0.2, -0.15) is 0 Å². The molecule has 28 heavy (non-hydrogen) atoms. The van der Waals surface area contributed by atoms with Gasteiger partial charge in [0.05, 0.1) is 7.11 Å². The molecule has 0 unspecified atom stereocenters. The minimum atomic E-state index is -0.965. The van der Waals surface area contributed by atoms with E-state index in [9.17, 15) is 19.2 Å². The molecule has 0 aromatic heterocycles. The molecule has 1 aromatic carbocycles. The Hall–Kier alpha value is -2.65. The second-order valence-corrected chi connectivity index (χ2v) is 6.61. The molecule has 1 aromatic rings. The topological polar surface area (TPSA) is 136 Å². The SMILES string of the molecule is COC(=O)[C@H](Cc1ccc(OC(C)=O)c(OC(C)=O)c1)NC(=O)C(C)(C)[NH3+].[Cl-]. The molecule has 0 spiro atoms. The minimum absolute atomic E-state index is 0. The number of amides is 1. The van der Waals surface area contributed by atoms with Gasteiger partial charge in [-0.05, 0) is 31.5 Å². The second kappa shape index (κ2) is 10.6. The van der Waals surface area contributed by atoms with Crippen LogP contribution in [0.4, 0.5) is 0 Å². The number of methoxy groups -OCH3 is 1. The Morgan fingerprint density at radius 2 is 1.61 bits per heavy atom. The first kappa shape index (κ1) is 25.4. The number of rotatable bonds is 7. The van der Waals surface area contributed by atoms with Crippen LogP contribution < -0.4 is 32.9 Å². The molecule has 0 aliphatic rings. The van der Waals surface area contributed by atoms with Crippen molar-refractivity contribution in [2.45, 2.75) is 45.7 Å². The fraction of sp³-hybridized carbons (Fsp3) is 0.444. The van der Waals surface area contributed by atoms with Crippen LogP contribution in [0.1, 0.15) is 33.3 Å². The zero-order valence-corrected chi connectivity index (χ0v) is 17.2. The lowest BCUT2D eigenvalue weighted by molar-refractivity contribution is -0.446. The van der Waals surface area contributed by atoms with Crippen molar-refractivity contribution >= 4 is 23.8 Å². The molecule has 1 rings (SSSR count). The van der Waals surface area contributed by atoms with Crippen molar-refractivity contribution in [1.29, 1.82) is 0 Å². The first-order valence-corrected chi connectivity index (χ1v) is 8.18. The second-order valence-electron chi connectivity index (χ2n) is 6.61. The number of esters is 3. The molecule has 1 atom stereocenters. The van der Waals surface area contributed by atoms with Gasteiger partial charge in [0.25, 0.3) is 5.91 Å². The van der Waals surface area contributed by atoms with Crippen LogP contribution in [0.5, 0.6) is 11.5 Å². The van der Waals surface area contributed by atoms with E-state index in [0.29, 0.717) is 5.56 Å². The summed E-state index contributed by atoms with van der Waals surface area (Å²) in [4.78, 5) is 46.7. The summed E-state index contributed by atoms with van der Waals surface area (Å²) in [6.07, 6.45) is 0.0725. The summed E-state index contributed by atoms with van der Waals surface area (Å²) in [5.74, 6) is -2.13. The number of nitrogens with one attached hydrogen (secondary N) is 1. The first-order valence-electron chi connectivity index (χ1n) is 8.18. The summed E-state index contributed by atoms with van der Waals surface area (Å²) in [5.41, 5.74) is 3.35. The van der Waals surface area contributed by atoms with E-state index in [1.54, 1.807) is 19.9 Å². The number of carbonyl (C=O) groups is 4. The van der Waals surface area contributed by atoms with Crippen molar-refractivity contribution in [3.8, 4) is 11.5 Å². The number of carbonyl (C=O) groups excluding carboxylic acids is 4. The lowest BCUT2D eigenvalue weighted by Gasteiger charge is -2.21. The van der Waals surface area contributed by atoms with E-state index in [1.165, 1.54) is 33.1 Å². The third-order valence-corrected chi connectivity index (χ3v) is 3.36. The van der Waals surface area contributed by atoms with Crippen molar-refractivity contribution in [2.24, 2.45) is 0 Å². The van der Waals surface area contributed by atoms with Crippen molar-refractivity contribution in [1.82, 2.24) is 5.32 Å². The van der Waals surface area contributed by atoms with E-state index >= 15 is 0 Å². The first-order chi connectivity index (χ1) is 12.4. The number of hydrogen-bond donors (Lipinski definition) is 2. The van der Waals surface area contributed by atoms with E-state index < -0.39 is 35.4 Å². The lowest BCUT2D eigenvalue weighted by Crippen LogP contribution is -3.00.